The van der Waals surface area contributed by atoms with Gasteiger partial charge in [-0.2, -0.15) is 0 Å². The minimum absolute atomic E-state index is 0.0322. The number of ketones is 1. The van der Waals surface area contributed by atoms with E-state index in [0.29, 0.717) is 26.2 Å². The van der Waals surface area contributed by atoms with Crippen molar-refractivity contribution in [2.75, 3.05) is 19.8 Å². The average Bonchev–Trinajstić information content (AvgIpc) is 3.22. The molecule has 2 unspecified atom stereocenters. The Morgan fingerprint density at radius 2 is 1.76 bits per heavy atom. The Balaban J connectivity index is 3.13. The van der Waals surface area contributed by atoms with Crippen LogP contribution < -0.4 is 0 Å². The molecule has 6 nitrogen and oxygen atoms in total. The Hall–Kier alpha value is -0.833. The molecule has 0 saturated carbocycles. The second-order valence-electron chi connectivity index (χ2n) is 13.6. The molecule has 1 heterocycles. The van der Waals surface area contributed by atoms with Gasteiger partial charge in [-0.25, -0.2) is 0 Å². The summed E-state index contributed by atoms with van der Waals surface area (Å²) in [5.41, 5.74) is 0. The summed E-state index contributed by atoms with van der Waals surface area (Å²) in [6.07, 6.45) is 16.7. The molecule has 0 amide bonds. The van der Waals surface area contributed by atoms with Crippen molar-refractivity contribution in [1.82, 2.24) is 0 Å². The van der Waals surface area contributed by atoms with E-state index in [1.165, 1.54) is 19.3 Å². The highest BCUT2D eigenvalue weighted by Crippen LogP contribution is 2.39. The molecule has 0 N–H and O–H groups in total. The lowest BCUT2D eigenvalue weighted by Crippen LogP contribution is -2.43. The van der Waals surface area contributed by atoms with Gasteiger partial charge in [0.05, 0.1) is 18.8 Å². The van der Waals surface area contributed by atoms with Crippen molar-refractivity contribution in [3.05, 3.63) is 24.3 Å². The quantitative estimate of drug-likeness (QED) is 0.0570. The van der Waals surface area contributed by atoms with Crippen molar-refractivity contribution in [2.24, 2.45) is 11.8 Å². The summed E-state index contributed by atoms with van der Waals surface area (Å²) in [5.74, 6) is -0.716. The van der Waals surface area contributed by atoms with E-state index in [-0.39, 0.29) is 41.2 Å². The van der Waals surface area contributed by atoms with Crippen molar-refractivity contribution in [1.29, 1.82) is 0 Å². The predicted octanol–water partition coefficient (Wildman–Crippen LogP) is 9.00. The first-order chi connectivity index (χ1) is 19.1. The first-order valence-electron chi connectivity index (χ1n) is 16.2. The topological polar surface area (TPSA) is 63.2 Å². The number of unbranched alkanes of at least 4 members (excludes halogenated alkanes) is 4. The smallest absolute Gasteiger partial charge is 0.192 e. The highest BCUT2D eigenvalue weighted by Gasteiger charge is 2.41. The van der Waals surface area contributed by atoms with Crippen LogP contribution in [0.4, 0.5) is 0 Å². The number of hydrogen-bond donors (Lipinski definition) is 0. The maximum Gasteiger partial charge on any atom is 0.192 e. The zero-order valence-electron chi connectivity index (χ0n) is 28.4. The highest BCUT2D eigenvalue weighted by atomic mass is 28.4. The van der Waals surface area contributed by atoms with Gasteiger partial charge in [-0.3, -0.25) is 4.79 Å². The Kier molecular flexibility index (Phi) is 17.5. The van der Waals surface area contributed by atoms with Crippen LogP contribution in [0.5, 0.6) is 0 Å². The Labute approximate surface area is 254 Å². The Morgan fingerprint density at radius 1 is 1.05 bits per heavy atom. The number of Topliss-reactive ketones (excluding diaryl/α,β-unsaturated/α-hetero) is 1. The monoisotopic (exact) mass is 596 g/mol. The summed E-state index contributed by atoms with van der Waals surface area (Å²) in [4.78, 5) is 13.0. The Bertz CT molecular complexity index is 785. The fraction of sp³-hybridized carbons (Fsp3) is 0.853. The fourth-order valence-electron chi connectivity index (χ4n) is 4.87. The van der Waals surface area contributed by atoms with Crippen LogP contribution in [-0.2, 0) is 28.2 Å². The van der Waals surface area contributed by atoms with Crippen LogP contribution in [0, 0.1) is 11.8 Å². The lowest BCUT2D eigenvalue weighted by molar-refractivity contribution is -0.147. The highest BCUT2D eigenvalue weighted by molar-refractivity contribution is 6.74. The molecule has 0 bridgehead atoms. The van der Waals surface area contributed by atoms with E-state index in [0.717, 1.165) is 25.7 Å². The second kappa shape index (κ2) is 18.7. The molecule has 1 rings (SSSR count). The second-order valence-corrected chi connectivity index (χ2v) is 18.3. The third-order valence-corrected chi connectivity index (χ3v) is 12.9. The van der Waals surface area contributed by atoms with E-state index in [1.807, 2.05) is 27.7 Å². The number of ether oxygens (including phenoxy) is 4. The van der Waals surface area contributed by atoms with E-state index in [4.69, 9.17) is 23.4 Å². The van der Waals surface area contributed by atoms with Crippen molar-refractivity contribution in [3.8, 4) is 0 Å². The molecule has 0 aliphatic carbocycles. The van der Waals surface area contributed by atoms with E-state index in [9.17, 15) is 4.79 Å². The van der Waals surface area contributed by atoms with E-state index >= 15 is 0 Å². The van der Waals surface area contributed by atoms with Gasteiger partial charge >= 0.3 is 0 Å². The standard InChI is InChI=1S/C34H64O6Si/c1-12-14-15-16-17-18-22-30(27(3)35)31(32-26-38-34(8,9)39-32)24-23-29(40-41(10,11)33(5,6)7)21-19-20-25-37-28(4)36-13-2/h17-18,23-24,28-32H,12-16,19-22,25-26H2,1-11H3/b18-17-,24-23+/t28?,29?,30-,31-,32+/m0/s1. The number of hydrogen-bond acceptors (Lipinski definition) is 6. The van der Waals surface area contributed by atoms with E-state index < -0.39 is 14.1 Å². The van der Waals surface area contributed by atoms with Gasteiger partial charge in [0.15, 0.2) is 20.4 Å². The summed E-state index contributed by atoms with van der Waals surface area (Å²) in [6, 6.07) is 0. The molecule has 0 radical (unpaired) electrons. The van der Waals surface area contributed by atoms with E-state index in [2.05, 4.69) is 65.1 Å². The molecule has 1 aliphatic heterocycles. The normalized spacial score (nSPS) is 21.0. The first-order valence-corrected chi connectivity index (χ1v) is 19.1. The number of rotatable bonds is 21. The van der Waals surface area contributed by atoms with Gasteiger partial charge in [-0.15, -0.1) is 0 Å². The maximum atomic E-state index is 13.0. The third-order valence-electron chi connectivity index (χ3n) is 8.41. The van der Waals surface area contributed by atoms with Crippen molar-refractivity contribution in [2.45, 2.75) is 156 Å². The molecular formula is C34H64O6Si. The molecule has 5 atom stereocenters. The number of carbonyl (C=O) groups excluding carboxylic acids is 1. The van der Waals surface area contributed by atoms with Crippen LogP contribution in [0.25, 0.3) is 0 Å². The SMILES string of the molecule is CCCCC/C=C\C[C@@H](C(C)=O)[C@H](/C=C/C(CCCCOC(C)OCC)O[Si](C)(C)C(C)(C)C)[C@H]1COC(C)(C)O1. The zero-order valence-corrected chi connectivity index (χ0v) is 29.4. The first kappa shape index (κ1) is 38.2. The number of carbonyl (C=O) groups is 1. The van der Waals surface area contributed by atoms with Crippen LogP contribution in [0.2, 0.25) is 18.1 Å². The fourth-order valence-corrected chi connectivity index (χ4v) is 6.18. The van der Waals surface area contributed by atoms with E-state index in [1.54, 1.807) is 6.92 Å². The van der Waals surface area contributed by atoms with Crippen LogP contribution in [0.15, 0.2) is 24.3 Å². The molecule has 1 saturated heterocycles. The van der Waals surface area contributed by atoms with Crippen molar-refractivity contribution < 1.29 is 28.2 Å². The largest absolute Gasteiger partial charge is 0.411 e. The lowest BCUT2D eigenvalue weighted by Gasteiger charge is -2.39. The van der Waals surface area contributed by atoms with Gasteiger partial charge in [0.25, 0.3) is 0 Å². The molecule has 240 valence electrons. The zero-order chi connectivity index (χ0) is 31.1. The average molecular weight is 597 g/mol. The van der Waals surface area contributed by atoms with Gasteiger partial charge in [-0.1, -0.05) is 64.8 Å². The van der Waals surface area contributed by atoms with Gasteiger partial charge in [0.1, 0.15) is 5.78 Å². The van der Waals surface area contributed by atoms with Crippen molar-refractivity contribution in [3.63, 3.8) is 0 Å². The Morgan fingerprint density at radius 3 is 2.32 bits per heavy atom. The molecule has 1 aliphatic rings. The third kappa shape index (κ3) is 14.9. The molecule has 41 heavy (non-hydrogen) atoms. The lowest BCUT2D eigenvalue weighted by atomic mass is 9.82. The summed E-state index contributed by atoms with van der Waals surface area (Å²) in [6.45, 7) is 25.0. The van der Waals surface area contributed by atoms with Crippen LogP contribution in [-0.4, -0.2) is 58.2 Å². The molecule has 7 heteroatoms. The van der Waals surface area contributed by atoms with Gasteiger partial charge in [0, 0.05) is 25.0 Å². The molecular weight excluding hydrogens is 532 g/mol. The van der Waals surface area contributed by atoms with Gasteiger partial charge in [0.2, 0.25) is 0 Å². The minimum Gasteiger partial charge on any atom is -0.411 e. The molecule has 0 aromatic rings. The van der Waals surface area contributed by atoms with Gasteiger partial charge in [-0.05, 0) is 91.3 Å². The minimum atomic E-state index is -2.01. The summed E-state index contributed by atoms with van der Waals surface area (Å²) in [5, 5.41) is 0.103. The predicted molar refractivity (Wildman–Crippen MR) is 173 cm³/mol. The van der Waals surface area contributed by atoms with Gasteiger partial charge < -0.3 is 23.4 Å². The van der Waals surface area contributed by atoms with Crippen LogP contribution >= 0.6 is 0 Å². The summed E-state index contributed by atoms with van der Waals surface area (Å²) < 4.78 is 30.5. The molecule has 0 spiro atoms. The summed E-state index contributed by atoms with van der Waals surface area (Å²) >= 11 is 0. The molecule has 1 fully saturated rings. The molecule has 0 aromatic heterocycles. The van der Waals surface area contributed by atoms with Crippen molar-refractivity contribution >= 4 is 14.1 Å². The number of allylic oxidation sites excluding steroid dienone is 2. The summed E-state index contributed by atoms with van der Waals surface area (Å²) in [7, 11) is -2.01. The van der Waals surface area contributed by atoms with Crippen LogP contribution in [0.1, 0.15) is 114 Å². The maximum absolute atomic E-state index is 13.0. The van der Waals surface area contributed by atoms with Crippen LogP contribution in [0.3, 0.4) is 0 Å². The molecule has 0 aromatic carbocycles.